The molecule has 0 aliphatic heterocycles. The second-order valence-corrected chi connectivity index (χ2v) is 5.03. The van der Waals surface area contributed by atoms with Gasteiger partial charge in [-0.05, 0) is 27.2 Å². The maximum Gasteiger partial charge on any atom is 0.220 e. The standard InChI is InChI=1S/C14H20N4O2/c1-10(8-18-7-6-15-9-18)16-14(19)5-4-13-11(2)17-20-12(13)3/h6-7,9-10H,4-5,8H2,1-3H3,(H,16,19). The van der Waals surface area contributed by atoms with Gasteiger partial charge in [-0.15, -0.1) is 0 Å². The van der Waals surface area contributed by atoms with E-state index in [2.05, 4.69) is 15.5 Å². The number of nitrogens with zero attached hydrogens (tertiary/aromatic N) is 3. The number of aromatic nitrogens is 3. The fourth-order valence-corrected chi connectivity index (χ4v) is 2.20. The van der Waals surface area contributed by atoms with Crippen molar-refractivity contribution in [2.24, 2.45) is 0 Å². The Bertz CT molecular complexity index is 540. The minimum Gasteiger partial charge on any atom is -0.361 e. The van der Waals surface area contributed by atoms with Crippen LogP contribution < -0.4 is 5.32 Å². The summed E-state index contributed by atoms with van der Waals surface area (Å²) in [6.07, 6.45) is 6.45. The highest BCUT2D eigenvalue weighted by Gasteiger charge is 2.12. The van der Waals surface area contributed by atoms with Crippen LogP contribution in [-0.4, -0.2) is 26.7 Å². The van der Waals surface area contributed by atoms with Gasteiger partial charge in [0.25, 0.3) is 0 Å². The van der Waals surface area contributed by atoms with Gasteiger partial charge in [0.05, 0.1) is 12.0 Å². The molecule has 0 aliphatic carbocycles. The Morgan fingerprint density at radius 3 is 2.90 bits per heavy atom. The van der Waals surface area contributed by atoms with Crippen molar-refractivity contribution >= 4 is 5.91 Å². The summed E-state index contributed by atoms with van der Waals surface area (Å²) < 4.78 is 7.03. The Labute approximate surface area is 118 Å². The van der Waals surface area contributed by atoms with Crippen molar-refractivity contribution in [1.29, 1.82) is 0 Å². The predicted octanol–water partition coefficient (Wildman–Crippen LogP) is 1.63. The molecule has 0 saturated carbocycles. The molecular weight excluding hydrogens is 256 g/mol. The zero-order valence-corrected chi connectivity index (χ0v) is 12.1. The first-order chi connectivity index (χ1) is 9.56. The number of amides is 1. The highest BCUT2D eigenvalue weighted by atomic mass is 16.5. The predicted molar refractivity (Wildman–Crippen MR) is 74.1 cm³/mol. The van der Waals surface area contributed by atoms with Crippen LogP contribution in [0.3, 0.4) is 0 Å². The third-order valence-electron chi connectivity index (χ3n) is 3.23. The van der Waals surface area contributed by atoms with E-state index in [0.717, 1.165) is 23.6 Å². The van der Waals surface area contributed by atoms with Crippen LogP contribution in [0.1, 0.15) is 30.4 Å². The molecule has 0 fully saturated rings. The van der Waals surface area contributed by atoms with Gasteiger partial charge in [0, 0.05) is 37.0 Å². The SMILES string of the molecule is Cc1noc(C)c1CCC(=O)NC(C)Cn1ccnc1. The van der Waals surface area contributed by atoms with Crippen molar-refractivity contribution in [3.05, 3.63) is 35.7 Å². The molecule has 2 aromatic rings. The summed E-state index contributed by atoms with van der Waals surface area (Å²) in [6, 6.07) is 0.0707. The lowest BCUT2D eigenvalue weighted by atomic mass is 10.1. The molecule has 0 bridgehead atoms. The molecule has 20 heavy (non-hydrogen) atoms. The lowest BCUT2D eigenvalue weighted by molar-refractivity contribution is -0.121. The molecule has 0 aromatic carbocycles. The quantitative estimate of drug-likeness (QED) is 0.870. The molecule has 2 heterocycles. The van der Waals surface area contributed by atoms with E-state index < -0.39 is 0 Å². The van der Waals surface area contributed by atoms with E-state index >= 15 is 0 Å². The second kappa shape index (κ2) is 6.36. The van der Waals surface area contributed by atoms with Crippen molar-refractivity contribution in [3.8, 4) is 0 Å². The normalized spacial score (nSPS) is 12.3. The third-order valence-corrected chi connectivity index (χ3v) is 3.23. The van der Waals surface area contributed by atoms with Gasteiger partial charge < -0.3 is 14.4 Å². The topological polar surface area (TPSA) is 73.0 Å². The van der Waals surface area contributed by atoms with Gasteiger partial charge in [0.15, 0.2) is 0 Å². The van der Waals surface area contributed by atoms with Gasteiger partial charge in [-0.1, -0.05) is 5.16 Å². The Morgan fingerprint density at radius 2 is 2.30 bits per heavy atom. The molecule has 6 heteroatoms. The van der Waals surface area contributed by atoms with Crippen molar-refractivity contribution in [3.63, 3.8) is 0 Å². The molecule has 0 spiro atoms. The van der Waals surface area contributed by atoms with Gasteiger partial charge in [-0.2, -0.15) is 0 Å². The minimum atomic E-state index is 0.0395. The molecule has 2 rings (SSSR count). The lowest BCUT2D eigenvalue weighted by Crippen LogP contribution is -2.35. The molecule has 0 aliphatic rings. The molecule has 6 nitrogen and oxygen atoms in total. The zero-order valence-electron chi connectivity index (χ0n) is 12.1. The summed E-state index contributed by atoms with van der Waals surface area (Å²) >= 11 is 0. The summed E-state index contributed by atoms with van der Waals surface area (Å²) in [5.41, 5.74) is 1.89. The van der Waals surface area contributed by atoms with E-state index in [-0.39, 0.29) is 11.9 Å². The number of hydrogen-bond acceptors (Lipinski definition) is 4. The largest absolute Gasteiger partial charge is 0.361 e. The van der Waals surface area contributed by atoms with Gasteiger partial charge >= 0.3 is 0 Å². The Kier molecular flexibility index (Phi) is 4.55. The third kappa shape index (κ3) is 3.69. The molecule has 1 atom stereocenters. The second-order valence-electron chi connectivity index (χ2n) is 5.03. The van der Waals surface area contributed by atoms with Crippen molar-refractivity contribution in [2.45, 2.75) is 46.2 Å². The van der Waals surface area contributed by atoms with Crippen LogP contribution in [-0.2, 0) is 17.8 Å². The van der Waals surface area contributed by atoms with E-state index in [9.17, 15) is 4.79 Å². The summed E-state index contributed by atoms with van der Waals surface area (Å²) in [5, 5.41) is 6.87. The fraction of sp³-hybridized carbons (Fsp3) is 0.500. The number of nitrogens with one attached hydrogen (secondary N) is 1. The van der Waals surface area contributed by atoms with E-state index in [1.54, 1.807) is 12.5 Å². The summed E-state index contributed by atoms with van der Waals surface area (Å²) in [4.78, 5) is 15.9. The van der Waals surface area contributed by atoms with Crippen molar-refractivity contribution in [1.82, 2.24) is 20.0 Å². The highest BCUT2D eigenvalue weighted by molar-refractivity contribution is 5.76. The average Bonchev–Trinajstić information content (AvgIpc) is 2.98. The first-order valence-electron chi connectivity index (χ1n) is 6.73. The average molecular weight is 276 g/mol. The monoisotopic (exact) mass is 276 g/mol. The molecule has 1 N–H and O–H groups in total. The molecule has 0 saturated heterocycles. The number of carbonyl (C=O) groups is 1. The fourth-order valence-electron chi connectivity index (χ4n) is 2.20. The van der Waals surface area contributed by atoms with E-state index in [4.69, 9.17) is 4.52 Å². The van der Waals surface area contributed by atoms with Gasteiger partial charge in [0.2, 0.25) is 5.91 Å². The first-order valence-corrected chi connectivity index (χ1v) is 6.73. The van der Waals surface area contributed by atoms with Gasteiger partial charge in [-0.25, -0.2) is 4.98 Å². The van der Waals surface area contributed by atoms with E-state index in [0.29, 0.717) is 12.8 Å². The molecule has 1 amide bonds. The van der Waals surface area contributed by atoms with Crippen LogP contribution in [0.25, 0.3) is 0 Å². The van der Waals surface area contributed by atoms with E-state index in [1.807, 2.05) is 31.5 Å². The number of imidazole rings is 1. The highest BCUT2D eigenvalue weighted by Crippen LogP contribution is 2.14. The number of rotatable bonds is 6. The maximum absolute atomic E-state index is 11.9. The van der Waals surface area contributed by atoms with E-state index in [1.165, 1.54) is 0 Å². The minimum absolute atomic E-state index is 0.0395. The summed E-state index contributed by atoms with van der Waals surface area (Å²) in [7, 11) is 0. The molecule has 2 aromatic heterocycles. The lowest BCUT2D eigenvalue weighted by Gasteiger charge is -2.14. The molecule has 1 unspecified atom stereocenters. The van der Waals surface area contributed by atoms with Crippen LogP contribution in [0, 0.1) is 13.8 Å². The van der Waals surface area contributed by atoms with Crippen molar-refractivity contribution < 1.29 is 9.32 Å². The summed E-state index contributed by atoms with van der Waals surface area (Å²) in [6.45, 7) is 6.46. The number of aryl methyl sites for hydroxylation is 2. The Morgan fingerprint density at radius 1 is 1.50 bits per heavy atom. The van der Waals surface area contributed by atoms with Crippen LogP contribution in [0.15, 0.2) is 23.2 Å². The first kappa shape index (κ1) is 14.3. The summed E-state index contributed by atoms with van der Waals surface area (Å²) in [5.74, 6) is 0.833. The zero-order chi connectivity index (χ0) is 14.5. The molecular formula is C14H20N4O2. The number of hydrogen-bond donors (Lipinski definition) is 1. The van der Waals surface area contributed by atoms with Crippen LogP contribution in [0.5, 0.6) is 0 Å². The van der Waals surface area contributed by atoms with Crippen molar-refractivity contribution in [2.75, 3.05) is 0 Å². The van der Waals surface area contributed by atoms with Crippen LogP contribution in [0.4, 0.5) is 0 Å². The molecule has 0 radical (unpaired) electrons. The Hall–Kier alpha value is -2.11. The van der Waals surface area contributed by atoms with Gasteiger partial charge in [0.1, 0.15) is 5.76 Å². The smallest absolute Gasteiger partial charge is 0.220 e. The maximum atomic E-state index is 11.9. The van der Waals surface area contributed by atoms with Crippen LogP contribution >= 0.6 is 0 Å². The Balaban J connectivity index is 1.78. The van der Waals surface area contributed by atoms with Gasteiger partial charge in [-0.3, -0.25) is 4.79 Å². The number of carbonyl (C=O) groups excluding carboxylic acids is 1. The van der Waals surface area contributed by atoms with Crippen LogP contribution in [0.2, 0.25) is 0 Å². The molecule has 108 valence electrons.